The first kappa shape index (κ1) is 34.1. The summed E-state index contributed by atoms with van der Waals surface area (Å²) >= 11 is 3.75. The number of allylic oxidation sites excluding steroid dienone is 6. The van der Waals surface area contributed by atoms with Crippen molar-refractivity contribution in [1.82, 2.24) is 0 Å². The van der Waals surface area contributed by atoms with Gasteiger partial charge in [-0.1, -0.05) is 92.3 Å². The topological polar surface area (TPSA) is 36.6 Å². The van der Waals surface area contributed by atoms with E-state index in [0.717, 1.165) is 43.7 Å². The summed E-state index contributed by atoms with van der Waals surface area (Å²) in [5, 5.41) is 12.4. The predicted octanol–water partition coefficient (Wildman–Crippen LogP) is 10.7. The second kappa shape index (κ2) is 14.0. The Kier molecular flexibility index (Phi) is 10.1. The first-order valence-corrected chi connectivity index (χ1v) is 19.1. The summed E-state index contributed by atoms with van der Waals surface area (Å²) in [5.74, 6) is 2.01. The van der Waals surface area contributed by atoms with Gasteiger partial charge in [0.25, 0.3) is 5.01 Å². The Balaban J connectivity index is 1.18. The number of methoxy groups -OCH3 is 1. The number of fused-ring (bicyclic) bond motifs is 2. The third-order valence-corrected chi connectivity index (χ3v) is 12.3. The molecule has 2 atom stereocenters. The fourth-order valence-electron chi connectivity index (χ4n) is 8.32. The molecule has 1 N–H and O–H groups in total. The number of hydrogen-bond acceptors (Lipinski definition) is 5. The molecule has 250 valence electrons. The molecule has 2 aliphatic carbocycles. The number of anilines is 1. The van der Waals surface area contributed by atoms with Gasteiger partial charge in [-0.3, -0.25) is 0 Å². The first-order valence-electron chi connectivity index (χ1n) is 17.5. The zero-order chi connectivity index (χ0) is 33.3. The molecule has 0 bridgehead atoms. The summed E-state index contributed by atoms with van der Waals surface area (Å²) in [6.45, 7) is 16.2. The van der Waals surface area contributed by atoms with Crippen LogP contribution in [-0.2, 0) is 13.2 Å². The zero-order valence-corrected chi connectivity index (χ0v) is 31.1. The Hall–Kier alpha value is -2.80. The Bertz CT molecular complexity index is 1740. The lowest BCUT2D eigenvalue weighted by atomic mass is 9.69. The Morgan fingerprint density at radius 2 is 1.72 bits per heavy atom. The molecule has 6 heteroatoms. The van der Waals surface area contributed by atoms with Crippen LogP contribution in [0.15, 0.2) is 81.8 Å². The molecule has 2 heterocycles. The number of aliphatic hydroxyl groups is 1. The maximum Gasteiger partial charge on any atom is 0.262 e. The van der Waals surface area contributed by atoms with Crippen molar-refractivity contribution in [2.24, 2.45) is 22.7 Å². The molecule has 6 rings (SSSR count). The second-order valence-electron chi connectivity index (χ2n) is 15.4. The van der Waals surface area contributed by atoms with E-state index in [-0.39, 0.29) is 17.4 Å². The molecule has 0 saturated heterocycles. The van der Waals surface area contributed by atoms with Crippen LogP contribution in [0.5, 0.6) is 5.75 Å². The molecule has 0 radical (unpaired) electrons. The minimum atomic E-state index is 0.0893. The van der Waals surface area contributed by atoms with E-state index >= 15 is 0 Å². The monoisotopic (exact) mass is 669 g/mol. The number of hydrogen-bond donors (Lipinski definition) is 1. The fraction of sp³-hybridized carbons (Fsp3) is 0.488. The molecule has 0 amide bonds. The van der Waals surface area contributed by atoms with Gasteiger partial charge < -0.3 is 14.7 Å². The van der Waals surface area contributed by atoms with E-state index in [2.05, 4.69) is 112 Å². The van der Waals surface area contributed by atoms with Gasteiger partial charge in [-0.2, -0.15) is 4.57 Å². The molecule has 2 unspecified atom stereocenters. The average Bonchev–Trinajstić information content (AvgIpc) is 3.54. The van der Waals surface area contributed by atoms with Gasteiger partial charge in [0.1, 0.15) is 17.0 Å². The van der Waals surface area contributed by atoms with Crippen molar-refractivity contribution >= 4 is 45.1 Å². The molecule has 47 heavy (non-hydrogen) atoms. The number of aryl methyl sites for hydroxylation is 1. The SMILES string of the molecule is CCN1/C(=C\C2C/C(=C\C=C\C3C/C(=C\c4sc5cc(CO)ccc5[n+]4CC)CC(C)(C)C3)CC(C)(C)C2)Sc2cc(OC)ccc21. The summed E-state index contributed by atoms with van der Waals surface area (Å²) in [7, 11) is 1.75. The summed E-state index contributed by atoms with van der Waals surface area (Å²) in [6.07, 6.45) is 19.4. The predicted molar refractivity (Wildman–Crippen MR) is 201 cm³/mol. The van der Waals surface area contributed by atoms with E-state index in [1.165, 1.54) is 50.1 Å². The highest BCUT2D eigenvalue weighted by molar-refractivity contribution is 8.03. The highest BCUT2D eigenvalue weighted by Gasteiger charge is 2.33. The van der Waals surface area contributed by atoms with E-state index in [1.54, 1.807) is 18.3 Å². The van der Waals surface area contributed by atoms with E-state index in [1.807, 2.05) is 29.2 Å². The highest BCUT2D eigenvalue weighted by Crippen LogP contribution is 2.50. The molecule has 2 fully saturated rings. The molecule has 3 aliphatic rings. The van der Waals surface area contributed by atoms with Crippen LogP contribution in [0.4, 0.5) is 5.69 Å². The molecule has 2 aromatic carbocycles. The molecule has 1 aliphatic heterocycles. The van der Waals surface area contributed by atoms with E-state index in [4.69, 9.17) is 4.74 Å². The van der Waals surface area contributed by atoms with Gasteiger partial charge in [-0.15, -0.1) is 0 Å². The van der Waals surface area contributed by atoms with E-state index in [0.29, 0.717) is 11.8 Å². The average molecular weight is 670 g/mol. The Morgan fingerprint density at radius 1 is 0.979 bits per heavy atom. The van der Waals surface area contributed by atoms with Crippen LogP contribution in [0.2, 0.25) is 0 Å². The van der Waals surface area contributed by atoms with Crippen molar-refractivity contribution in [3.63, 3.8) is 0 Å². The van der Waals surface area contributed by atoms with E-state index < -0.39 is 0 Å². The van der Waals surface area contributed by atoms with E-state index in [9.17, 15) is 5.11 Å². The number of nitrogens with zero attached hydrogens (tertiary/aromatic N) is 2. The van der Waals surface area contributed by atoms with Gasteiger partial charge in [-0.05, 0) is 105 Å². The van der Waals surface area contributed by atoms with Crippen LogP contribution in [0.1, 0.15) is 90.6 Å². The number of aromatic nitrogens is 1. The summed E-state index contributed by atoms with van der Waals surface area (Å²) in [5.41, 5.74) is 7.24. The van der Waals surface area contributed by atoms with Crippen LogP contribution in [-0.4, -0.2) is 18.8 Å². The maximum atomic E-state index is 9.66. The van der Waals surface area contributed by atoms with Gasteiger partial charge >= 0.3 is 0 Å². The lowest BCUT2D eigenvalue weighted by Gasteiger charge is -2.36. The van der Waals surface area contributed by atoms with Crippen molar-refractivity contribution < 1.29 is 14.4 Å². The number of benzene rings is 2. The standard InChI is InChI=1S/C41H53N2O2S2/c1-8-42-34-15-13-30(27-44)19-36(34)46-38(42)20-31-17-28(23-40(3,4)25-31)11-10-12-29-18-32(26-41(5,6)24-29)21-39-43(9-2)35-16-14-33(45-7)22-37(35)47-39/h10-16,19-22,28,32,44H,8-9,17-18,23-27H2,1-7H3/q+1/b11-10+,29-12+,31-20+,39-21+. The largest absolute Gasteiger partial charge is 0.497 e. The van der Waals surface area contributed by atoms with Crippen molar-refractivity contribution in [3.05, 3.63) is 87.4 Å². The number of aliphatic hydroxyl groups excluding tert-OH is 1. The molecule has 4 nitrogen and oxygen atoms in total. The summed E-state index contributed by atoms with van der Waals surface area (Å²) < 4.78 is 9.20. The third kappa shape index (κ3) is 7.76. The molecule has 1 aromatic heterocycles. The lowest BCUT2D eigenvalue weighted by Crippen LogP contribution is -2.33. The minimum absolute atomic E-state index is 0.0893. The number of thiazole rings is 1. The third-order valence-electron chi connectivity index (χ3n) is 10.1. The second-order valence-corrected chi connectivity index (χ2v) is 17.5. The first-order chi connectivity index (χ1) is 22.5. The number of ether oxygens (including phenoxy) is 1. The number of thioether (sulfide) groups is 1. The van der Waals surface area contributed by atoms with Gasteiger partial charge in [0.15, 0.2) is 0 Å². The van der Waals surface area contributed by atoms with Gasteiger partial charge in [-0.25, -0.2) is 0 Å². The molecule has 3 aromatic rings. The van der Waals surface area contributed by atoms with Crippen LogP contribution in [0.3, 0.4) is 0 Å². The maximum absolute atomic E-state index is 9.66. The lowest BCUT2D eigenvalue weighted by molar-refractivity contribution is -0.665. The van der Waals surface area contributed by atoms with Gasteiger partial charge in [0, 0.05) is 23.6 Å². The van der Waals surface area contributed by atoms with Gasteiger partial charge in [0.05, 0.1) is 24.4 Å². The molecular weight excluding hydrogens is 617 g/mol. The van der Waals surface area contributed by atoms with Crippen LogP contribution >= 0.6 is 23.1 Å². The van der Waals surface area contributed by atoms with Crippen molar-refractivity contribution in [3.8, 4) is 5.75 Å². The Labute approximate surface area is 290 Å². The van der Waals surface area contributed by atoms with Crippen LogP contribution < -0.4 is 14.2 Å². The van der Waals surface area contributed by atoms with Crippen molar-refractivity contribution in [1.29, 1.82) is 0 Å². The normalized spacial score (nSPS) is 25.0. The number of rotatable bonds is 8. The smallest absolute Gasteiger partial charge is 0.262 e. The van der Waals surface area contributed by atoms with Crippen LogP contribution in [0, 0.1) is 22.7 Å². The summed E-state index contributed by atoms with van der Waals surface area (Å²) in [6, 6.07) is 12.8. The zero-order valence-electron chi connectivity index (χ0n) is 29.4. The van der Waals surface area contributed by atoms with Crippen LogP contribution in [0.25, 0.3) is 16.3 Å². The quantitative estimate of drug-likeness (QED) is 0.242. The van der Waals surface area contributed by atoms with Crippen molar-refractivity contribution in [2.75, 3.05) is 18.6 Å². The van der Waals surface area contributed by atoms with Crippen molar-refractivity contribution in [2.45, 2.75) is 98.1 Å². The molecular formula is C41H53N2O2S2+. The fourth-order valence-corrected chi connectivity index (χ4v) is 10.9. The minimum Gasteiger partial charge on any atom is -0.497 e. The molecule has 0 spiro atoms. The van der Waals surface area contributed by atoms with Gasteiger partial charge in [0.2, 0.25) is 5.52 Å². The molecule has 2 saturated carbocycles. The highest BCUT2D eigenvalue weighted by atomic mass is 32.2. The summed E-state index contributed by atoms with van der Waals surface area (Å²) in [4.78, 5) is 3.76. The Morgan fingerprint density at radius 3 is 2.45 bits per heavy atom.